The van der Waals surface area contributed by atoms with E-state index in [-0.39, 0.29) is 23.5 Å². The van der Waals surface area contributed by atoms with Crippen molar-refractivity contribution >= 4 is 15.7 Å². The second-order valence-electron chi connectivity index (χ2n) is 6.34. The zero-order chi connectivity index (χ0) is 18.6. The van der Waals surface area contributed by atoms with E-state index in [1.54, 1.807) is 29.4 Å². The summed E-state index contributed by atoms with van der Waals surface area (Å²) in [5.41, 5.74) is 0.825. The molecule has 1 aliphatic rings. The number of carbonyl (C=O) groups is 1. The van der Waals surface area contributed by atoms with Crippen molar-refractivity contribution in [3.8, 4) is 11.4 Å². The van der Waals surface area contributed by atoms with E-state index in [4.69, 9.17) is 4.52 Å². The van der Waals surface area contributed by atoms with Crippen molar-refractivity contribution in [1.29, 1.82) is 0 Å². The van der Waals surface area contributed by atoms with Crippen LogP contribution >= 0.6 is 0 Å². The Morgan fingerprint density at radius 2 is 2.12 bits per heavy atom. The van der Waals surface area contributed by atoms with Gasteiger partial charge in [0.05, 0.1) is 11.5 Å². The molecule has 1 fully saturated rings. The van der Waals surface area contributed by atoms with Crippen molar-refractivity contribution in [2.45, 2.75) is 38.6 Å². The van der Waals surface area contributed by atoms with Crippen molar-refractivity contribution < 1.29 is 17.7 Å². The van der Waals surface area contributed by atoms with Crippen LogP contribution in [0.15, 0.2) is 29.0 Å². The molecule has 1 amide bonds. The molecule has 0 radical (unpaired) electrons. The van der Waals surface area contributed by atoms with Crippen molar-refractivity contribution in [3.05, 3.63) is 30.4 Å². The summed E-state index contributed by atoms with van der Waals surface area (Å²) in [4.78, 5) is 22.4. The fourth-order valence-electron chi connectivity index (χ4n) is 3.17. The highest BCUT2D eigenvalue weighted by Gasteiger charge is 2.33. The number of hydrogen-bond acceptors (Lipinski definition) is 7. The normalized spacial score (nSPS) is 18.7. The Hall–Kier alpha value is -2.29. The molecule has 1 aliphatic heterocycles. The summed E-state index contributed by atoms with van der Waals surface area (Å²) in [7, 11) is -3.00. The van der Waals surface area contributed by atoms with Crippen molar-refractivity contribution in [2.75, 3.05) is 18.1 Å². The minimum Gasteiger partial charge on any atom is -0.339 e. The number of aryl methyl sites for hydroxylation is 1. The van der Waals surface area contributed by atoms with Crippen LogP contribution in [0, 0.1) is 0 Å². The Bertz CT molecular complexity index is 851. The average Bonchev–Trinajstić information content (AvgIpc) is 3.23. The number of rotatable bonds is 7. The first kappa shape index (κ1) is 18.5. The van der Waals surface area contributed by atoms with E-state index in [0.29, 0.717) is 43.9 Å². The van der Waals surface area contributed by atoms with E-state index >= 15 is 0 Å². The summed E-state index contributed by atoms with van der Waals surface area (Å²) >= 11 is 0. The Morgan fingerprint density at radius 3 is 2.77 bits per heavy atom. The van der Waals surface area contributed by atoms with Crippen LogP contribution in [-0.2, 0) is 21.1 Å². The van der Waals surface area contributed by atoms with Gasteiger partial charge in [0.25, 0.3) is 0 Å². The van der Waals surface area contributed by atoms with Gasteiger partial charge >= 0.3 is 0 Å². The number of amides is 1. The summed E-state index contributed by atoms with van der Waals surface area (Å²) in [6.45, 7) is 2.40. The van der Waals surface area contributed by atoms with Gasteiger partial charge in [0.1, 0.15) is 0 Å². The number of pyridine rings is 1. The Balaban J connectivity index is 1.51. The van der Waals surface area contributed by atoms with Gasteiger partial charge in [0.2, 0.25) is 17.6 Å². The van der Waals surface area contributed by atoms with Crippen LogP contribution in [0.5, 0.6) is 0 Å². The van der Waals surface area contributed by atoms with Gasteiger partial charge in [0.15, 0.2) is 9.84 Å². The lowest BCUT2D eigenvalue weighted by atomic mass is 10.1. The highest BCUT2D eigenvalue weighted by molar-refractivity contribution is 7.91. The van der Waals surface area contributed by atoms with E-state index in [1.165, 1.54) is 0 Å². The number of aromatic nitrogens is 3. The fourth-order valence-corrected chi connectivity index (χ4v) is 4.90. The van der Waals surface area contributed by atoms with E-state index in [2.05, 4.69) is 15.1 Å². The van der Waals surface area contributed by atoms with E-state index in [9.17, 15) is 13.2 Å². The Morgan fingerprint density at radius 1 is 1.35 bits per heavy atom. The van der Waals surface area contributed by atoms with Gasteiger partial charge in [-0.25, -0.2) is 8.42 Å². The fraction of sp³-hybridized carbons (Fsp3) is 0.529. The van der Waals surface area contributed by atoms with Crippen molar-refractivity contribution in [2.24, 2.45) is 0 Å². The number of hydrogen-bond donors (Lipinski definition) is 0. The van der Waals surface area contributed by atoms with Gasteiger partial charge in [-0.1, -0.05) is 5.16 Å². The largest absolute Gasteiger partial charge is 0.339 e. The predicted octanol–water partition coefficient (Wildman–Crippen LogP) is 1.49. The van der Waals surface area contributed by atoms with Gasteiger partial charge in [0, 0.05) is 43.4 Å². The molecule has 1 saturated heterocycles. The topological polar surface area (TPSA) is 106 Å². The first-order valence-corrected chi connectivity index (χ1v) is 10.5. The van der Waals surface area contributed by atoms with E-state index in [1.807, 2.05) is 6.92 Å². The van der Waals surface area contributed by atoms with Crippen molar-refractivity contribution in [1.82, 2.24) is 20.0 Å². The molecule has 3 rings (SSSR count). The highest BCUT2D eigenvalue weighted by atomic mass is 32.2. The smallest absolute Gasteiger partial charge is 0.226 e. The van der Waals surface area contributed by atoms with E-state index in [0.717, 1.165) is 5.56 Å². The molecule has 2 aromatic rings. The zero-order valence-electron chi connectivity index (χ0n) is 14.7. The molecule has 0 unspecified atom stereocenters. The third kappa shape index (κ3) is 4.46. The lowest BCUT2D eigenvalue weighted by Crippen LogP contribution is -2.40. The van der Waals surface area contributed by atoms with Gasteiger partial charge in [-0.15, -0.1) is 0 Å². The van der Waals surface area contributed by atoms with Crippen LogP contribution in [0.2, 0.25) is 0 Å². The maximum Gasteiger partial charge on any atom is 0.226 e. The molecular formula is C17H22N4O4S. The molecule has 140 valence electrons. The van der Waals surface area contributed by atoms with Crippen LogP contribution < -0.4 is 0 Å². The van der Waals surface area contributed by atoms with Crippen LogP contribution in [0.1, 0.15) is 32.1 Å². The highest BCUT2D eigenvalue weighted by Crippen LogP contribution is 2.19. The quantitative estimate of drug-likeness (QED) is 0.718. The first-order valence-electron chi connectivity index (χ1n) is 8.71. The third-order valence-electron chi connectivity index (χ3n) is 4.50. The number of carbonyl (C=O) groups excluding carboxylic acids is 1. The predicted molar refractivity (Wildman–Crippen MR) is 94.9 cm³/mol. The summed E-state index contributed by atoms with van der Waals surface area (Å²) < 4.78 is 28.5. The SMILES string of the molecule is CCN(C(=O)CCCc1nc(-c2ccncc2)no1)[C@H]1CCS(=O)(=O)C1. The molecule has 0 spiro atoms. The maximum atomic E-state index is 12.4. The second kappa shape index (κ2) is 7.94. The molecule has 0 aliphatic carbocycles. The molecule has 3 heterocycles. The minimum absolute atomic E-state index is 0.0246. The summed E-state index contributed by atoms with van der Waals surface area (Å²) in [6.07, 6.45) is 5.26. The lowest BCUT2D eigenvalue weighted by Gasteiger charge is -2.26. The standard InChI is InChI=1S/C17H22N4O4S/c1-2-21(14-8-11-26(23,24)12-14)16(22)5-3-4-15-19-17(20-25-15)13-6-9-18-10-7-13/h6-7,9-10,14H,2-5,8,11-12H2,1H3/t14-/m0/s1. The molecule has 9 heteroatoms. The number of nitrogens with zero attached hydrogens (tertiary/aromatic N) is 4. The molecule has 8 nitrogen and oxygen atoms in total. The van der Waals surface area contributed by atoms with Crippen LogP contribution in [0.4, 0.5) is 0 Å². The molecule has 1 atom stereocenters. The summed E-state index contributed by atoms with van der Waals surface area (Å²) in [6, 6.07) is 3.40. The minimum atomic E-state index is -3.00. The molecule has 26 heavy (non-hydrogen) atoms. The zero-order valence-corrected chi connectivity index (χ0v) is 15.5. The Labute approximate surface area is 152 Å². The van der Waals surface area contributed by atoms with Gasteiger partial charge in [-0.05, 0) is 31.9 Å². The third-order valence-corrected chi connectivity index (χ3v) is 6.25. The van der Waals surface area contributed by atoms with Gasteiger partial charge in [-0.3, -0.25) is 9.78 Å². The summed E-state index contributed by atoms with van der Waals surface area (Å²) in [5.74, 6) is 1.20. The second-order valence-corrected chi connectivity index (χ2v) is 8.57. The molecule has 2 aromatic heterocycles. The Kier molecular flexibility index (Phi) is 5.65. The van der Waals surface area contributed by atoms with Crippen LogP contribution in [0.3, 0.4) is 0 Å². The molecular weight excluding hydrogens is 356 g/mol. The first-order chi connectivity index (χ1) is 12.5. The number of sulfone groups is 1. The van der Waals surface area contributed by atoms with Gasteiger partial charge in [-0.2, -0.15) is 4.98 Å². The van der Waals surface area contributed by atoms with E-state index < -0.39 is 9.84 Å². The monoisotopic (exact) mass is 378 g/mol. The van der Waals surface area contributed by atoms with Crippen LogP contribution in [0.25, 0.3) is 11.4 Å². The molecule has 0 bridgehead atoms. The van der Waals surface area contributed by atoms with Crippen molar-refractivity contribution in [3.63, 3.8) is 0 Å². The summed E-state index contributed by atoms with van der Waals surface area (Å²) in [5, 5.41) is 3.94. The lowest BCUT2D eigenvalue weighted by molar-refractivity contribution is -0.132. The molecule has 0 aromatic carbocycles. The molecule has 0 N–H and O–H groups in total. The van der Waals surface area contributed by atoms with Gasteiger partial charge < -0.3 is 9.42 Å². The average molecular weight is 378 g/mol. The van der Waals surface area contributed by atoms with Crippen LogP contribution in [-0.4, -0.2) is 58.4 Å². The maximum absolute atomic E-state index is 12.4. The molecule has 0 saturated carbocycles.